The Morgan fingerprint density at radius 1 is 1.40 bits per heavy atom. The van der Waals surface area contributed by atoms with Gasteiger partial charge in [-0.05, 0) is 39.6 Å². The smallest absolute Gasteiger partial charge is 0.193 e. The van der Waals surface area contributed by atoms with Crippen LogP contribution >= 0.6 is 11.8 Å². The van der Waals surface area contributed by atoms with E-state index < -0.39 is 0 Å². The lowest BCUT2D eigenvalue weighted by molar-refractivity contribution is 0.223. The van der Waals surface area contributed by atoms with Crippen molar-refractivity contribution in [1.82, 2.24) is 15.1 Å². The van der Waals surface area contributed by atoms with Crippen LogP contribution in [0, 0.1) is 0 Å². The van der Waals surface area contributed by atoms with Crippen molar-refractivity contribution in [1.29, 1.82) is 0 Å². The summed E-state index contributed by atoms with van der Waals surface area (Å²) >= 11 is 1.89. The minimum atomic E-state index is 0.244. The Morgan fingerprint density at radius 3 is 2.55 bits per heavy atom. The topological polar surface area (TPSA) is 30.9 Å². The van der Waals surface area contributed by atoms with Crippen LogP contribution in [0.5, 0.6) is 0 Å². The molecule has 0 amide bonds. The van der Waals surface area contributed by atoms with Gasteiger partial charge in [-0.15, -0.1) is 0 Å². The number of hydrogen-bond donors (Lipinski definition) is 1. The summed E-state index contributed by atoms with van der Waals surface area (Å²) in [5.41, 5.74) is 0. The fourth-order valence-electron chi connectivity index (χ4n) is 2.67. The summed E-state index contributed by atoms with van der Waals surface area (Å²) in [6.45, 7) is 14.5. The van der Waals surface area contributed by atoms with Crippen LogP contribution in [0.4, 0.5) is 0 Å². The van der Waals surface area contributed by atoms with Gasteiger partial charge in [0.2, 0.25) is 0 Å². The van der Waals surface area contributed by atoms with E-state index >= 15 is 0 Å². The van der Waals surface area contributed by atoms with Gasteiger partial charge in [-0.1, -0.05) is 13.8 Å². The third-order valence-electron chi connectivity index (χ3n) is 4.23. The van der Waals surface area contributed by atoms with Crippen molar-refractivity contribution in [3.05, 3.63) is 0 Å². The summed E-state index contributed by atoms with van der Waals surface area (Å²) in [7, 11) is 1.89. The zero-order chi connectivity index (χ0) is 15.2. The monoisotopic (exact) mass is 300 g/mol. The normalized spacial score (nSPS) is 20.9. The minimum Gasteiger partial charge on any atom is -0.355 e. The predicted octanol–water partition coefficient (Wildman–Crippen LogP) is 2.12. The third kappa shape index (κ3) is 4.85. The van der Waals surface area contributed by atoms with E-state index in [0.717, 1.165) is 38.7 Å². The Hall–Kier alpha value is -0.420. The molecule has 0 aromatic carbocycles. The van der Waals surface area contributed by atoms with Crippen molar-refractivity contribution in [3.63, 3.8) is 0 Å². The van der Waals surface area contributed by atoms with Gasteiger partial charge < -0.3 is 10.2 Å². The molecule has 1 atom stereocenters. The molecule has 0 bridgehead atoms. The molecule has 0 radical (unpaired) electrons. The lowest BCUT2D eigenvalue weighted by Gasteiger charge is -2.29. The number of thioether (sulfide) groups is 1. The highest BCUT2D eigenvalue weighted by atomic mass is 32.2. The van der Waals surface area contributed by atoms with Crippen LogP contribution in [0.1, 0.15) is 34.1 Å². The third-order valence-corrected chi connectivity index (χ3v) is 5.48. The largest absolute Gasteiger partial charge is 0.355 e. The molecule has 1 fully saturated rings. The second-order valence-electron chi connectivity index (χ2n) is 5.97. The summed E-state index contributed by atoms with van der Waals surface area (Å²) < 4.78 is 0.244. The van der Waals surface area contributed by atoms with E-state index in [0.29, 0.717) is 6.04 Å². The number of hydrogen-bond acceptors (Lipinski definition) is 3. The number of likely N-dealkylation sites (tertiary alicyclic amines) is 1. The first-order valence-corrected chi connectivity index (χ1v) is 8.94. The molecule has 0 aromatic heterocycles. The molecule has 1 N–H and O–H groups in total. The molecule has 0 spiro atoms. The summed E-state index contributed by atoms with van der Waals surface area (Å²) in [5, 5.41) is 3.53. The Labute approximate surface area is 129 Å². The number of guanidine groups is 1. The van der Waals surface area contributed by atoms with Crippen LogP contribution in [0.2, 0.25) is 0 Å². The van der Waals surface area contributed by atoms with Gasteiger partial charge in [-0.25, -0.2) is 0 Å². The first kappa shape index (κ1) is 17.6. The van der Waals surface area contributed by atoms with E-state index in [9.17, 15) is 0 Å². The lowest BCUT2D eigenvalue weighted by atomic mass is 10.2. The summed E-state index contributed by atoms with van der Waals surface area (Å²) in [4.78, 5) is 9.41. The fraction of sp³-hybridized carbons (Fsp3) is 0.933. The highest BCUT2D eigenvalue weighted by Crippen LogP contribution is 2.20. The maximum absolute atomic E-state index is 4.46. The highest BCUT2D eigenvalue weighted by molar-refractivity contribution is 7.99. The van der Waals surface area contributed by atoms with Gasteiger partial charge in [0.25, 0.3) is 0 Å². The van der Waals surface area contributed by atoms with E-state index in [2.05, 4.69) is 54.1 Å². The van der Waals surface area contributed by atoms with Crippen molar-refractivity contribution >= 4 is 17.7 Å². The number of aliphatic imine (C=N–C) groups is 1. The number of likely N-dealkylation sites (N-methyl/N-ethyl adjacent to an activating group) is 1. The predicted molar refractivity (Wildman–Crippen MR) is 91.9 cm³/mol. The van der Waals surface area contributed by atoms with Crippen LogP contribution in [-0.4, -0.2) is 72.6 Å². The quantitative estimate of drug-likeness (QED) is 0.601. The molecule has 5 heteroatoms. The van der Waals surface area contributed by atoms with E-state index in [4.69, 9.17) is 0 Å². The van der Waals surface area contributed by atoms with Gasteiger partial charge in [0.1, 0.15) is 0 Å². The number of nitrogens with one attached hydrogen (secondary N) is 1. The maximum Gasteiger partial charge on any atom is 0.193 e. The molecule has 0 saturated carbocycles. The Bertz CT molecular complexity index is 313. The molecule has 1 unspecified atom stereocenters. The molecule has 1 aliphatic rings. The van der Waals surface area contributed by atoms with Crippen LogP contribution in [0.3, 0.4) is 0 Å². The number of rotatable bonds is 6. The summed E-state index contributed by atoms with van der Waals surface area (Å²) in [6, 6.07) is 0.678. The molecule has 4 nitrogen and oxygen atoms in total. The average molecular weight is 301 g/mol. The molecule has 118 valence electrons. The van der Waals surface area contributed by atoms with Gasteiger partial charge in [-0.2, -0.15) is 11.8 Å². The van der Waals surface area contributed by atoms with Gasteiger partial charge in [0, 0.05) is 37.5 Å². The van der Waals surface area contributed by atoms with E-state index in [-0.39, 0.29) is 4.75 Å². The van der Waals surface area contributed by atoms with Crippen molar-refractivity contribution in [2.24, 2.45) is 4.99 Å². The molecular formula is C15H32N4S. The average Bonchev–Trinajstić information content (AvgIpc) is 2.90. The summed E-state index contributed by atoms with van der Waals surface area (Å²) in [5.74, 6) is 1.06. The Kier molecular flexibility index (Phi) is 7.17. The van der Waals surface area contributed by atoms with Gasteiger partial charge in [-0.3, -0.25) is 9.89 Å². The van der Waals surface area contributed by atoms with E-state index in [1.807, 2.05) is 18.8 Å². The first-order valence-electron chi connectivity index (χ1n) is 7.72. The SMILES string of the molecule is CCN(CC)C1CCN(C(=NC)NCC(C)(C)SC)C1. The van der Waals surface area contributed by atoms with E-state index in [1.165, 1.54) is 6.42 Å². The highest BCUT2D eigenvalue weighted by Gasteiger charge is 2.28. The summed E-state index contributed by atoms with van der Waals surface area (Å²) in [6.07, 6.45) is 3.41. The standard InChI is InChI=1S/C15H32N4S/c1-7-18(8-2)13-9-10-19(11-13)14(16-5)17-12-15(3,4)20-6/h13H,7-12H2,1-6H3,(H,16,17). The van der Waals surface area contributed by atoms with Crippen molar-refractivity contribution in [2.75, 3.05) is 46.0 Å². The molecule has 1 saturated heterocycles. The maximum atomic E-state index is 4.46. The molecule has 1 heterocycles. The minimum absolute atomic E-state index is 0.244. The molecule has 20 heavy (non-hydrogen) atoms. The van der Waals surface area contributed by atoms with Crippen molar-refractivity contribution < 1.29 is 0 Å². The second-order valence-corrected chi connectivity index (χ2v) is 7.49. The fourth-order valence-corrected chi connectivity index (χ4v) is 2.89. The van der Waals surface area contributed by atoms with Crippen molar-refractivity contribution in [3.8, 4) is 0 Å². The van der Waals surface area contributed by atoms with Crippen molar-refractivity contribution in [2.45, 2.75) is 44.9 Å². The zero-order valence-electron chi connectivity index (χ0n) is 14.1. The molecule has 1 aliphatic heterocycles. The van der Waals surface area contributed by atoms with Crippen LogP contribution in [-0.2, 0) is 0 Å². The lowest BCUT2D eigenvalue weighted by Crippen LogP contribution is -2.46. The first-order chi connectivity index (χ1) is 9.47. The van der Waals surface area contributed by atoms with Crippen LogP contribution in [0.15, 0.2) is 4.99 Å². The van der Waals surface area contributed by atoms with Gasteiger partial charge in [0.15, 0.2) is 5.96 Å². The van der Waals surface area contributed by atoms with Crippen LogP contribution in [0.25, 0.3) is 0 Å². The molecular weight excluding hydrogens is 268 g/mol. The van der Waals surface area contributed by atoms with Gasteiger partial charge in [0.05, 0.1) is 0 Å². The Balaban J connectivity index is 2.52. The molecule has 0 aliphatic carbocycles. The molecule has 0 aromatic rings. The molecule has 1 rings (SSSR count). The Morgan fingerprint density at radius 2 is 2.05 bits per heavy atom. The second kappa shape index (κ2) is 8.13. The zero-order valence-corrected chi connectivity index (χ0v) is 14.9. The van der Waals surface area contributed by atoms with E-state index in [1.54, 1.807) is 0 Å². The van der Waals surface area contributed by atoms with Gasteiger partial charge >= 0.3 is 0 Å². The van der Waals surface area contributed by atoms with Crippen LogP contribution < -0.4 is 5.32 Å². The number of nitrogens with zero attached hydrogens (tertiary/aromatic N) is 3.